The van der Waals surface area contributed by atoms with Crippen LogP contribution in [-0.2, 0) is 0 Å². The van der Waals surface area contributed by atoms with Gasteiger partial charge in [0.25, 0.3) is 0 Å². The van der Waals surface area contributed by atoms with Crippen molar-refractivity contribution in [3.63, 3.8) is 0 Å². The Kier molecular flexibility index (Phi) is 4.42. The van der Waals surface area contributed by atoms with Gasteiger partial charge < -0.3 is 20.1 Å². The molecule has 0 heterocycles. The Morgan fingerprint density at radius 2 is 0.950 bits per heavy atom. The van der Waals surface area contributed by atoms with Crippen LogP contribution in [0, 0.1) is 0 Å². The van der Waals surface area contributed by atoms with Crippen LogP contribution < -0.4 is 10.9 Å². The molecule has 0 atom stereocenters. The molecule has 2 aromatic rings. The first-order valence-electron chi connectivity index (χ1n) is 6.11. The van der Waals surface area contributed by atoms with E-state index in [-0.39, 0.29) is 0 Å². The van der Waals surface area contributed by atoms with E-state index < -0.39 is 14.2 Å². The van der Waals surface area contributed by atoms with Crippen molar-refractivity contribution in [1.29, 1.82) is 0 Å². The maximum absolute atomic E-state index is 9.04. The fourth-order valence-corrected chi connectivity index (χ4v) is 1.88. The van der Waals surface area contributed by atoms with Crippen LogP contribution >= 0.6 is 0 Å². The van der Waals surface area contributed by atoms with E-state index in [9.17, 15) is 0 Å². The molecular formula is C14H14B2O4. The highest BCUT2D eigenvalue weighted by Gasteiger charge is 2.12. The Hall–Kier alpha value is -1.85. The lowest BCUT2D eigenvalue weighted by Gasteiger charge is -2.08. The van der Waals surface area contributed by atoms with E-state index in [0.29, 0.717) is 10.9 Å². The highest BCUT2D eigenvalue weighted by Crippen LogP contribution is 2.19. The van der Waals surface area contributed by atoms with Crippen molar-refractivity contribution in [2.75, 3.05) is 0 Å². The zero-order valence-electron chi connectivity index (χ0n) is 10.8. The number of rotatable bonds is 4. The smallest absolute Gasteiger partial charge is 0.423 e. The summed E-state index contributed by atoms with van der Waals surface area (Å²) in [6.45, 7) is 3.99. The summed E-state index contributed by atoms with van der Waals surface area (Å²) >= 11 is 0. The SMILES string of the molecule is C=C(c1ccc(B(O)O)cc1)c1ccc(B(O)O)cc1. The lowest BCUT2D eigenvalue weighted by molar-refractivity contribution is 0.424. The third kappa shape index (κ3) is 3.18. The van der Waals surface area contributed by atoms with Crippen LogP contribution in [0.4, 0.5) is 0 Å². The highest BCUT2D eigenvalue weighted by molar-refractivity contribution is 6.58. The van der Waals surface area contributed by atoms with Crippen molar-refractivity contribution in [1.82, 2.24) is 0 Å². The van der Waals surface area contributed by atoms with Crippen molar-refractivity contribution in [3.05, 3.63) is 66.2 Å². The van der Waals surface area contributed by atoms with E-state index in [0.717, 1.165) is 16.7 Å². The molecule has 0 radical (unpaired) electrons. The van der Waals surface area contributed by atoms with Gasteiger partial charge >= 0.3 is 14.2 Å². The van der Waals surface area contributed by atoms with Crippen LogP contribution in [0.2, 0.25) is 0 Å². The molecule has 0 saturated carbocycles. The van der Waals surface area contributed by atoms with Gasteiger partial charge in [0.1, 0.15) is 0 Å². The summed E-state index contributed by atoms with van der Waals surface area (Å²) in [6, 6.07) is 13.5. The van der Waals surface area contributed by atoms with Crippen LogP contribution in [-0.4, -0.2) is 34.3 Å². The lowest BCUT2D eigenvalue weighted by Crippen LogP contribution is -2.29. The molecule has 20 heavy (non-hydrogen) atoms. The molecule has 0 fully saturated rings. The summed E-state index contributed by atoms with van der Waals surface area (Å²) in [4.78, 5) is 0. The Balaban J connectivity index is 2.22. The van der Waals surface area contributed by atoms with Crippen molar-refractivity contribution in [3.8, 4) is 0 Å². The quantitative estimate of drug-likeness (QED) is 0.542. The third-order valence-electron chi connectivity index (χ3n) is 3.11. The van der Waals surface area contributed by atoms with Crippen molar-refractivity contribution in [2.24, 2.45) is 0 Å². The Morgan fingerprint density at radius 1 is 0.650 bits per heavy atom. The van der Waals surface area contributed by atoms with Crippen molar-refractivity contribution >= 4 is 30.7 Å². The van der Waals surface area contributed by atoms with E-state index in [2.05, 4.69) is 6.58 Å². The first-order valence-corrected chi connectivity index (χ1v) is 6.11. The molecule has 6 heteroatoms. The minimum atomic E-state index is -1.48. The van der Waals surface area contributed by atoms with Gasteiger partial charge in [-0.1, -0.05) is 55.1 Å². The van der Waals surface area contributed by atoms with E-state index in [1.165, 1.54) is 0 Å². The average Bonchev–Trinajstić information content (AvgIpc) is 2.46. The first-order chi connectivity index (χ1) is 9.49. The molecule has 2 aromatic carbocycles. The van der Waals surface area contributed by atoms with E-state index in [1.54, 1.807) is 48.5 Å². The standard InChI is InChI=1S/C14H14B2O4/c1-10(11-2-6-13(7-3-11)15(17)18)12-4-8-14(9-5-12)16(19)20/h2-9,17-20H,1H2. The number of benzene rings is 2. The molecule has 0 aliphatic rings. The molecule has 4 nitrogen and oxygen atoms in total. The first kappa shape index (κ1) is 14.6. The monoisotopic (exact) mass is 268 g/mol. The minimum Gasteiger partial charge on any atom is -0.423 e. The van der Waals surface area contributed by atoms with Gasteiger partial charge in [-0.3, -0.25) is 0 Å². The summed E-state index contributed by atoms with van der Waals surface area (Å²) in [5.74, 6) is 0. The molecule has 2 rings (SSSR count). The van der Waals surface area contributed by atoms with Crippen molar-refractivity contribution < 1.29 is 20.1 Å². The minimum absolute atomic E-state index is 0.417. The van der Waals surface area contributed by atoms with E-state index in [1.807, 2.05) is 0 Å². The second-order valence-corrected chi connectivity index (χ2v) is 4.47. The fourth-order valence-electron chi connectivity index (χ4n) is 1.88. The van der Waals surface area contributed by atoms with E-state index in [4.69, 9.17) is 20.1 Å². The van der Waals surface area contributed by atoms with E-state index >= 15 is 0 Å². The largest absolute Gasteiger partial charge is 0.488 e. The summed E-state index contributed by atoms with van der Waals surface area (Å²) in [5.41, 5.74) is 3.31. The molecule has 0 aliphatic heterocycles. The fraction of sp³-hybridized carbons (Fsp3) is 0. The molecular weight excluding hydrogens is 254 g/mol. The summed E-state index contributed by atoms with van der Waals surface area (Å²) in [6.07, 6.45) is 0. The summed E-state index contributed by atoms with van der Waals surface area (Å²) in [5, 5.41) is 36.2. The normalized spacial score (nSPS) is 10.2. The van der Waals surface area contributed by atoms with Crippen LogP contribution in [0.5, 0.6) is 0 Å². The Bertz CT molecular complexity index is 538. The molecule has 0 saturated heterocycles. The van der Waals surface area contributed by atoms with Crippen LogP contribution in [0.25, 0.3) is 5.57 Å². The van der Waals surface area contributed by atoms with Gasteiger partial charge in [-0.25, -0.2) is 0 Å². The zero-order valence-corrected chi connectivity index (χ0v) is 10.8. The van der Waals surface area contributed by atoms with Gasteiger partial charge in [-0.2, -0.15) is 0 Å². The average molecular weight is 268 g/mol. The maximum Gasteiger partial charge on any atom is 0.488 e. The molecule has 4 N–H and O–H groups in total. The Morgan fingerprint density at radius 3 is 1.20 bits per heavy atom. The van der Waals surface area contributed by atoms with Gasteiger partial charge in [0.15, 0.2) is 0 Å². The Labute approximate surface area is 117 Å². The van der Waals surface area contributed by atoms with Gasteiger partial charge in [0.2, 0.25) is 0 Å². The molecule has 0 bridgehead atoms. The predicted octanol–water partition coefficient (Wildman–Crippen LogP) is -0.892. The molecule has 0 aromatic heterocycles. The second-order valence-electron chi connectivity index (χ2n) is 4.47. The number of hydrogen-bond donors (Lipinski definition) is 4. The molecule has 0 spiro atoms. The van der Waals surface area contributed by atoms with Gasteiger partial charge in [-0.15, -0.1) is 0 Å². The lowest BCUT2D eigenvalue weighted by atomic mass is 9.78. The molecule has 100 valence electrons. The summed E-state index contributed by atoms with van der Waals surface area (Å²) < 4.78 is 0. The maximum atomic E-state index is 9.04. The van der Waals surface area contributed by atoms with Crippen LogP contribution in [0.15, 0.2) is 55.1 Å². The zero-order chi connectivity index (χ0) is 14.7. The summed E-state index contributed by atoms with van der Waals surface area (Å²) in [7, 11) is -2.97. The molecule has 0 unspecified atom stereocenters. The third-order valence-corrected chi connectivity index (χ3v) is 3.11. The predicted molar refractivity (Wildman–Crippen MR) is 80.7 cm³/mol. The van der Waals surface area contributed by atoms with Crippen LogP contribution in [0.3, 0.4) is 0 Å². The highest BCUT2D eigenvalue weighted by atomic mass is 16.4. The van der Waals surface area contributed by atoms with Gasteiger partial charge in [-0.05, 0) is 27.6 Å². The number of hydrogen-bond acceptors (Lipinski definition) is 4. The topological polar surface area (TPSA) is 80.9 Å². The van der Waals surface area contributed by atoms with Crippen molar-refractivity contribution in [2.45, 2.75) is 0 Å². The molecule has 0 aliphatic carbocycles. The van der Waals surface area contributed by atoms with Gasteiger partial charge in [0.05, 0.1) is 0 Å². The van der Waals surface area contributed by atoms with Gasteiger partial charge in [0, 0.05) is 0 Å². The van der Waals surface area contributed by atoms with Crippen LogP contribution in [0.1, 0.15) is 11.1 Å². The molecule has 0 amide bonds. The second kappa shape index (κ2) is 6.07.